The fraction of sp³-hybridized carbons (Fsp3) is 0.231. The van der Waals surface area contributed by atoms with Gasteiger partial charge in [0, 0.05) is 26.4 Å². The van der Waals surface area contributed by atoms with Gasteiger partial charge in [-0.05, 0) is 40.2 Å². The summed E-state index contributed by atoms with van der Waals surface area (Å²) in [5.74, 6) is 0.675. The normalized spacial score (nSPS) is 21.9. The lowest BCUT2D eigenvalue weighted by Gasteiger charge is -2.29. The van der Waals surface area contributed by atoms with E-state index in [1.165, 1.54) is 11.3 Å². The van der Waals surface area contributed by atoms with Gasteiger partial charge in [0.15, 0.2) is 0 Å². The molecule has 0 fully saturated rings. The van der Waals surface area contributed by atoms with Gasteiger partial charge >= 0.3 is 0 Å². The molecule has 1 unspecified atom stereocenters. The van der Waals surface area contributed by atoms with Gasteiger partial charge in [-0.1, -0.05) is 23.2 Å². The van der Waals surface area contributed by atoms with Crippen LogP contribution in [0.1, 0.15) is 29.1 Å². The molecule has 19 heavy (non-hydrogen) atoms. The molecule has 0 saturated carbocycles. The maximum atomic E-state index is 10.2. The molecule has 0 bridgehead atoms. The molecule has 2 heterocycles. The third kappa shape index (κ3) is 2.65. The van der Waals surface area contributed by atoms with Gasteiger partial charge in [0.05, 0.1) is 6.10 Å². The van der Waals surface area contributed by atoms with E-state index in [9.17, 15) is 5.11 Å². The van der Waals surface area contributed by atoms with Crippen LogP contribution in [0.3, 0.4) is 0 Å². The van der Waals surface area contributed by atoms with Crippen LogP contribution in [0.15, 0.2) is 28.7 Å². The largest absolute Gasteiger partial charge is 0.484 e. The molecule has 0 saturated heterocycles. The summed E-state index contributed by atoms with van der Waals surface area (Å²) in [4.78, 5) is 0.997. The summed E-state index contributed by atoms with van der Waals surface area (Å²) in [5, 5.41) is 10.8. The van der Waals surface area contributed by atoms with Crippen LogP contribution in [0, 0.1) is 0 Å². The summed E-state index contributed by atoms with van der Waals surface area (Å²) in [6.07, 6.45) is -0.263. The van der Waals surface area contributed by atoms with E-state index in [0.717, 1.165) is 14.9 Å². The number of aliphatic hydroxyl groups excluding tert-OH is 1. The number of hydrogen-bond acceptors (Lipinski definition) is 3. The molecule has 2 atom stereocenters. The molecule has 3 rings (SSSR count). The van der Waals surface area contributed by atoms with Crippen LogP contribution in [0.4, 0.5) is 0 Å². The third-order valence-corrected chi connectivity index (χ3v) is 5.82. The Bertz CT molecular complexity index is 610. The highest BCUT2D eigenvalue weighted by atomic mass is 79.9. The summed E-state index contributed by atoms with van der Waals surface area (Å²) in [5.41, 5.74) is 0.741. The number of fused-ring (bicyclic) bond motifs is 1. The number of aliphatic hydroxyl groups is 1. The Morgan fingerprint density at radius 2 is 2.11 bits per heavy atom. The van der Waals surface area contributed by atoms with E-state index >= 15 is 0 Å². The third-order valence-electron chi connectivity index (χ3n) is 3.02. The Morgan fingerprint density at radius 1 is 1.32 bits per heavy atom. The first-order valence-electron chi connectivity index (χ1n) is 5.63. The molecule has 1 aliphatic rings. The van der Waals surface area contributed by atoms with Gasteiger partial charge in [0.2, 0.25) is 0 Å². The number of rotatable bonds is 1. The van der Waals surface area contributed by atoms with Gasteiger partial charge in [-0.2, -0.15) is 0 Å². The van der Waals surface area contributed by atoms with Crippen molar-refractivity contribution in [3.05, 3.63) is 48.5 Å². The van der Waals surface area contributed by atoms with Crippen LogP contribution in [-0.4, -0.2) is 5.11 Å². The fourth-order valence-corrected chi connectivity index (χ4v) is 4.07. The molecule has 0 spiro atoms. The van der Waals surface area contributed by atoms with Gasteiger partial charge in [0.25, 0.3) is 0 Å². The zero-order valence-electron chi connectivity index (χ0n) is 9.57. The first kappa shape index (κ1) is 13.7. The summed E-state index contributed by atoms with van der Waals surface area (Å²) in [6.45, 7) is 0. The number of ether oxygens (including phenoxy) is 1. The monoisotopic (exact) mass is 378 g/mol. The van der Waals surface area contributed by atoms with Crippen molar-refractivity contribution in [3.8, 4) is 5.75 Å². The first-order chi connectivity index (χ1) is 9.04. The molecule has 100 valence electrons. The molecule has 1 aromatic carbocycles. The fourth-order valence-electron chi connectivity index (χ4n) is 2.11. The van der Waals surface area contributed by atoms with E-state index in [4.69, 9.17) is 27.9 Å². The van der Waals surface area contributed by atoms with Gasteiger partial charge in [-0.15, -0.1) is 11.3 Å². The molecule has 1 aromatic heterocycles. The average Bonchev–Trinajstić information content (AvgIpc) is 2.70. The minimum absolute atomic E-state index is 0.183. The lowest BCUT2D eigenvalue weighted by atomic mass is 9.98. The summed E-state index contributed by atoms with van der Waals surface area (Å²) in [6, 6.07) is 7.23. The van der Waals surface area contributed by atoms with Crippen molar-refractivity contribution in [3.63, 3.8) is 0 Å². The zero-order valence-corrected chi connectivity index (χ0v) is 13.5. The second kappa shape index (κ2) is 5.26. The molecule has 0 amide bonds. The van der Waals surface area contributed by atoms with E-state index in [1.54, 1.807) is 18.2 Å². The molecular formula is C13H9BrCl2O2S. The van der Waals surface area contributed by atoms with Crippen molar-refractivity contribution in [1.29, 1.82) is 0 Å². The highest BCUT2D eigenvalue weighted by Gasteiger charge is 2.29. The van der Waals surface area contributed by atoms with E-state index in [2.05, 4.69) is 15.9 Å². The number of halogens is 3. The van der Waals surface area contributed by atoms with Crippen LogP contribution in [-0.2, 0) is 0 Å². The minimum atomic E-state index is -0.577. The Morgan fingerprint density at radius 3 is 2.79 bits per heavy atom. The molecule has 0 aliphatic carbocycles. The number of hydrogen-bond donors (Lipinski definition) is 1. The molecule has 2 nitrogen and oxygen atoms in total. The Hall–Kier alpha value is -0.260. The Kier molecular flexibility index (Phi) is 3.80. The van der Waals surface area contributed by atoms with Gasteiger partial charge in [0.1, 0.15) is 16.2 Å². The van der Waals surface area contributed by atoms with Crippen LogP contribution in [0.25, 0.3) is 0 Å². The van der Waals surface area contributed by atoms with Gasteiger partial charge in [-0.25, -0.2) is 0 Å². The van der Waals surface area contributed by atoms with E-state index < -0.39 is 6.10 Å². The molecule has 1 N–H and O–H groups in total. The maximum absolute atomic E-state index is 10.2. The van der Waals surface area contributed by atoms with E-state index in [-0.39, 0.29) is 6.10 Å². The summed E-state index contributed by atoms with van der Waals surface area (Å²) >= 11 is 16.8. The van der Waals surface area contributed by atoms with Crippen LogP contribution in [0.5, 0.6) is 5.75 Å². The number of thiophene rings is 1. The minimum Gasteiger partial charge on any atom is -0.484 e. The maximum Gasteiger partial charge on any atom is 0.136 e. The van der Waals surface area contributed by atoms with Crippen molar-refractivity contribution in [1.82, 2.24) is 0 Å². The summed E-state index contributed by atoms with van der Waals surface area (Å²) in [7, 11) is 0. The lowest BCUT2D eigenvalue weighted by Crippen LogP contribution is -2.18. The molecule has 1 aliphatic heterocycles. The Balaban J connectivity index is 1.94. The second-order valence-electron chi connectivity index (χ2n) is 4.31. The highest BCUT2D eigenvalue weighted by molar-refractivity contribution is 9.10. The van der Waals surface area contributed by atoms with Crippen molar-refractivity contribution in [2.45, 2.75) is 18.6 Å². The quantitative estimate of drug-likeness (QED) is 0.721. The molecule has 2 aromatic rings. The van der Waals surface area contributed by atoms with Gasteiger partial charge < -0.3 is 9.84 Å². The van der Waals surface area contributed by atoms with Crippen molar-refractivity contribution < 1.29 is 9.84 Å². The molecule has 0 radical (unpaired) electrons. The first-order valence-corrected chi connectivity index (χ1v) is 8.00. The van der Waals surface area contributed by atoms with Crippen LogP contribution < -0.4 is 4.74 Å². The standard InChI is InChI=1S/C13H9BrCl2O2S/c14-8-4-12(19-13(8)16)11-5-9(17)7-3-6(15)1-2-10(7)18-11/h1-4,9,11,17H,5H2/t9-,11?/m1/s1. The van der Waals surface area contributed by atoms with Crippen molar-refractivity contribution in [2.24, 2.45) is 0 Å². The predicted molar refractivity (Wildman–Crippen MR) is 81.4 cm³/mol. The predicted octanol–water partition coefficient (Wildman–Crippen LogP) is 5.37. The van der Waals surface area contributed by atoms with Gasteiger partial charge in [-0.3, -0.25) is 0 Å². The molecular weight excluding hydrogens is 371 g/mol. The topological polar surface area (TPSA) is 29.5 Å². The van der Waals surface area contributed by atoms with Crippen molar-refractivity contribution >= 4 is 50.5 Å². The van der Waals surface area contributed by atoms with E-state index in [0.29, 0.717) is 21.5 Å². The zero-order chi connectivity index (χ0) is 13.6. The van der Waals surface area contributed by atoms with E-state index in [1.807, 2.05) is 6.07 Å². The smallest absolute Gasteiger partial charge is 0.136 e. The van der Waals surface area contributed by atoms with Crippen molar-refractivity contribution in [2.75, 3.05) is 0 Å². The molecule has 6 heteroatoms. The number of benzene rings is 1. The van der Waals surface area contributed by atoms with Crippen LogP contribution >= 0.6 is 50.5 Å². The SMILES string of the molecule is O[C@@H]1CC(c2cc(Br)c(Cl)s2)Oc2ccc(Cl)cc21. The lowest BCUT2D eigenvalue weighted by molar-refractivity contribution is 0.0674. The highest BCUT2D eigenvalue weighted by Crippen LogP contribution is 2.45. The van der Waals surface area contributed by atoms with Crippen LogP contribution in [0.2, 0.25) is 9.36 Å². The summed E-state index contributed by atoms with van der Waals surface area (Å²) < 4.78 is 7.47. The Labute approximate surface area is 133 Å². The average molecular weight is 380 g/mol. The second-order valence-corrected chi connectivity index (χ2v) is 7.29.